The second-order valence-corrected chi connectivity index (χ2v) is 6.41. The molecule has 0 aliphatic rings. The number of hydrogen-bond acceptors (Lipinski definition) is 5. The molecule has 2 aromatic rings. The van der Waals surface area contributed by atoms with Gasteiger partial charge in [-0.15, -0.1) is 5.10 Å². The molecule has 0 radical (unpaired) electrons. The highest BCUT2D eigenvalue weighted by Gasteiger charge is 2.09. The standard InChI is InChI=1S/C16H23N5OS/c1-5-21(11(2)3)14-8-6-13(7-9-14)18-15(22)10-23-16-17-12(4)19-20-16/h6-9,11H,5,10H2,1-4H3,(H,18,22)(H,17,19,20). The number of aromatic amines is 1. The van der Waals surface area contributed by atoms with Gasteiger partial charge in [-0.2, -0.15) is 0 Å². The van der Waals surface area contributed by atoms with E-state index in [0.717, 1.165) is 23.7 Å². The molecule has 2 rings (SSSR count). The van der Waals surface area contributed by atoms with E-state index in [1.807, 2.05) is 31.2 Å². The Hall–Kier alpha value is -2.02. The van der Waals surface area contributed by atoms with Gasteiger partial charge in [0.05, 0.1) is 5.75 Å². The van der Waals surface area contributed by atoms with Crippen LogP contribution in [0.25, 0.3) is 0 Å². The average molecular weight is 333 g/mol. The number of thioether (sulfide) groups is 1. The summed E-state index contributed by atoms with van der Waals surface area (Å²) in [7, 11) is 0. The molecule has 7 heteroatoms. The SMILES string of the molecule is CCN(c1ccc(NC(=O)CSc2n[nH]c(C)n2)cc1)C(C)C. The molecule has 0 fully saturated rings. The fourth-order valence-electron chi connectivity index (χ4n) is 2.30. The minimum Gasteiger partial charge on any atom is -0.369 e. The van der Waals surface area contributed by atoms with Crippen LogP contribution in [0, 0.1) is 6.92 Å². The minimum absolute atomic E-state index is 0.0681. The zero-order valence-electron chi connectivity index (χ0n) is 14.0. The molecule has 1 heterocycles. The van der Waals surface area contributed by atoms with Crippen molar-refractivity contribution in [2.75, 3.05) is 22.5 Å². The summed E-state index contributed by atoms with van der Waals surface area (Å²) < 4.78 is 0. The number of carbonyl (C=O) groups excluding carboxylic acids is 1. The highest BCUT2D eigenvalue weighted by Crippen LogP contribution is 2.20. The first-order chi connectivity index (χ1) is 11.0. The third-order valence-electron chi connectivity index (χ3n) is 3.36. The van der Waals surface area contributed by atoms with Gasteiger partial charge in [0.25, 0.3) is 0 Å². The summed E-state index contributed by atoms with van der Waals surface area (Å²) in [5.41, 5.74) is 1.95. The Morgan fingerprint density at radius 1 is 1.35 bits per heavy atom. The van der Waals surface area contributed by atoms with E-state index < -0.39 is 0 Å². The van der Waals surface area contributed by atoms with E-state index in [4.69, 9.17) is 0 Å². The molecule has 0 aliphatic heterocycles. The smallest absolute Gasteiger partial charge is 0.234 e. The molecule has 0 bridgehead atoms. The molecule has 1 aromatic carbocycles. The van der Waals surface area contributed by atoms with Gasteiger partial charge < -0.3 is 10.2 Å². The summed E-state index contributed by atoms with van der Waals surface area (Å²) >= 11 is 1.31. The van der Waals surface area contributed by atoms with Gasteiger partial charge in [-0.1, -0.05) is 11.8 Å². The largest absolute Gasteiger partial charge is 0.369 e. The zero-order chi connectivity index (χ0) is 16.8. The van der Waals surface area contributed by atoms with Crippen LogP contribution in [-0.4, -0.2) is 39.4 Å². The molecule has 0 unspecified atom stereocenters. The number of amides is 1. The number of rotatable bonds is 7. The Morgan fingerprint density at radius 2 is 2.04 bits per heavy atom. The van der Waals surface area contributed by atoms with Crippen LogP contribution in [0.4, 0.5) is 11.4 Å². The number of anilines is 2. The number of H-pyrrole nitrogens is 1. The van der Waals surface area contributed by atoms with Crippen LogP contribution >= 0.6 is 11.8 Å². The second-order valence-electron chi connectivity index (χ2n) is 5.47. The molecule has 0 aliphatic carbocycles. The lowest BCUT2D eigenvalue weighted by molar-refractivity contribution is -0.113. The van der Waals surface area contributed by atoms with Crippen molar-refractivity contribution < 1.29 is 4.79 Å². The van der Waals surface area contributed by atoms with Gasteiger partial charge in [0.2, 0.25) is 11.1 Å². The van der Waals surface area contributed by atoms with Crippen molar-refractivity contribution in [2.24, 2.45) is 0 Å². The van der Waals surface area contributed by atoms with Crippen LogP contribution in [-0.2, 0) is 4.79 Å². The zero-order valence-corrected chi connectivity index (χ0v) is 14.8. The molecule has 2 N–H and O–H groups in total. The van der Waals surface area contributed by atoms with Gasteiger partial charge in [-0.05, 0) is 52.0 Å². The molecule has 0 saturated heterocycles. The quantitative estimate of drug-likeness (QED) is 0.762. The van der Waals surface area contributed by atoms with E-state index in [2.05, 4.69) is 46.2 Å². The van der Waals surface area contributed by atoms with Crippen LogP contribution in [0.5, 0.6) is 0 Å². The number of carbonyl (C=O) groups is 1. The van der Waals surface area contributed by atoms with Gasteiger partial charge >= 0.3 is 0 Å². The predicted octanol–water partition coefficient (Wildman–Crippen LogP) is 3.08. The highest BCUT2D eigenvalue weighted by atomic mass is 32.2. The molecule has 1 aromatic heterocycles. The monoisotopic (exact) mass is 333 g/mol. The van der Waals surface area contributed by atoms with Gasteiger partial charge in [0.15, 0.2) is 0 Å². The first-order valence-corrected chi connectivity index (χ1v) is 8.66. The van der Waals surface area contributed by atoms with Gasteiger partial charge in [0.1, 0.15) is 5.82 Å². The topological polar surface area (TPSA) is 73.9 Å². The number of aryl methyl sites for hydroxylation is 1. The molecular weight excluding hydrogens is 310 g/mol. The van der Waals surface area contributed by atoms with Crippen molar-refractivity contribution in [2.45, 2.75) is 38.9 Å². The van der Waals surface area contributed by atoms with Crippen molar-refractivity contribution in [1.82, 2.24) is 15.2 Å². The van der Waals surface area contributed by atoms with E-state index >= 15 is 0 Å². The first-order valence-electron chi connectivity index (χ1n) is 7.68. The van der Waals surface area contributed by atoms with E-state index in [1.54, 1.807) is 0 Å². The average Bonchev–Trinajstić information content (AvgIpc) is 2.93. The van der Waals surface area contributed by atoms with Crippen molar-refractivity contribution >= 4 is 29.0 Å². The molecule has 23 heavy (non-hydrogen) atoms. The maximum atomic E-state index is 12.0. The van der Waals surface area contributed by atoms with Crippen LogP contribution in [0.3, 0.4) is 0 Å². The number of aromatic nitrogens is 3. The van der Waals surface area contributed by atoms with E-state index in [0.29, 0.717) is 11.2 Å². The molecule has 0 saturated carbocycles. The van der Waals surface area contributed by atoms with Crippen molar-refractivity contribution in [3.63, 3.8) is 0 Å². The van der Waals surface area contributed by atoms with Gasteiger partial charge in [-0.25, -0.2) is 4.98 Å². The highest BCUT2D eigenvalue weighted by molar-refractivity contribution is 7.99. The normalized spacial score (nSPS) is 10.8. The Kier molecular flexibility index (Phi) is 6.04. The lowest BCUT2D eigenvalue weighted by Gasteiger charge is -2.27. The number of hydrogen-bond donors (Lipinski definition) is 2. The number of nitrogens with zero attached hydrogens (tertiary/aromatic N) is 3. The maximum Gasteiger partial charge on any atom is 0.234 e. The Labute approximate surface area is 141 Å². The van der Waals surface area contributed by atoms with Crippen molar-refractivity contribution in [3.05, 3.63) is 30.1 Å². The van der Waals surface area contributed by atoms with Gasteiger partial charge in [0, 0.05) is 24.0 Å². The summed E-state index contributed by atoms with van der Waals surface area (Å²) in [5.74, 6) is 0.960. The van der Waals surface area contributed by atoms with E-state index in [1.165, 1.54) is 11.8 Å². The predicted molar refractivity (Wildman–Crippen MR) is 95.1 cm³/mol. The molecule has 124 valence electrons. The lowest BCUT2D eigenvalue weighted by Crippen LogP contribution is -2.30. The second kappa shape index (κ2) is 8.01. The number of benzene rings is 1. The fraction of sp³-hybridized carbons (Fsp3) is 0.438. The van der Waals surface area contributed by atoms with Crippen molar-refractivity contribution in [3.8, 4) is 0 Å². The van der Waals surface area contributed by atoms with Crippen LogP contribution in [0.15, 0.2) is 29.4 Å². The fourth-order valence-corrected chi connectivity index (χ4v) is 2.94. The summed E-state index contributed by atoms with van der Waals surface area (Å²) in [6.07, 6.45) is 0. The maximum absolute atomic E-state index is 12.0. The van der Waals surface area contributed by atoms with Crippen LogP contribution in [0.1, 0.15) is 26.6 Å². The van der Waals surface area contributed by atoms with Gasteiger partial charge in [-0.3, -0.25) is 9.89 Å². The lowest BCUT2D eigenvalue weighted by atomic mass is 10.2. The summed E-state index contributed by atoms with van der Waals surface area (Å²) in [5, 5.41) is 10.2. The third kappa shape index (κ3) is 4.99. The minimum atomic E-state index is -0.0681. The summed E-state index contributed by atoms with van der Waals surface area (Å²) in [4.78, 5) is 18.4. The molecule has 6 nitrogen and oxygen atoms in total. The summed E-state index contributed by atoms with van der Waals surface area (Å²) in [6, 6.07) is 8.37. The van der Waals surface area contributed by atoms with Crippen LogP contribution < -0.4 is 10.2 Å². The Balaban J connectivity index is 1.88. The number of nitrogens with one attached hydrogen (secondary N) is 2. The molecule has 1 amide bonds. The third-order valence-corrected chi connectivity index (χ3v) is 4.20. The molecular formula is C16H23N5OS. The summed E-state index contributed by atoms with van der Waals surface area (Å²) in [6.45, 7) is 9.26. The van der Waals surface area contributed by atoms with E-state index in [9.17, 15) is 4.79 Å². The molecule has 0 atom stereocenters. The van der Waals surface area contributed by atoms with E-state index in [-0.39, 0.29) is 11.7 Å². The first kappa shape index (κ1) is 17.3. The Morgan fingerprint density at radius 3 is 2.57 bits per heavy atom. The molecule has 0 spiro atoms. The van der Waals surface area contributed by atoms with Crippen molar-refractivity contribution in [1.29, 1.82) is 0 Å². The Bertz CT molecular complexity index is 638. The van der Waals surface area contributed by atoms with Crippen LogP contribution in [0.2, 0.25) is 0 Å².